The molecule has 2 aromatic heterocycles. The van der Waals surface area contributed by atoms with Gasteiger partial charge in [-0.2, -0.15) is 5.10 Å². The van der Waals surface area contributed by atoms with E-state index < -0.39 is 0 Å². The molecular formula is C12H17N3S. The van der Waals surface area contributed by atoms with E-state index in [0.717, 1.165) is 17.8 Å². The molecule has 16 heavy (non-hydrogen) atoms. The van der Waals surface area contributed by atoms with Crippen LogP contribution in [-0.2, 0) is 12.8 Å². The molecule has 0 fully saturated rings. The SMILES string of the molecule is CC(C)Cc1nn2c3c(nc2s1)C(C)CC3. The molecule has 0 radical (unpaired) electrons. The molecule has 1 unspecified atom stereocenters. The number of aromatic nitrogens is 3. The number of imidazole rings is 1. The Bertz CT molecular complexity index is 524. The molecule has 0 bridgehead atoms. The third-order valence-electron chi connectivity index (χ3n) is 3.23. The first-order chi connectivity index (χ1) is 7.65. The van der Waals surface area contributed by atoms with Gasteiger partial charge in [-0.3, -0.25) is 0 Å². The molecule has 3 rings (SSSR count). The predicted molar refractivity (Wildman–Crippen MR) is 66.1 cm³/mol. The van der Waals surface area contributed by atoms with E-state index in [9.17, 15) is 0 Å². The van der Waals surface area contributed by atoms with Gasteiger partial charge in [0.15, 0.2) is 0 Å². The highest BCUT2D eigenvalue weighted by molar-refractivity contribution is 7.16. The summed E-state index contributed by atoms with van der Waals surface area (Å²) in [6, 6.07) is 0. The molecule has 4 heteroatoms. The van der Waals surface area contributed by atoms with Crippen molar-refractivity contribution in [2.45, 2.75) is 46.0 Å². The van der Waals surface area contributed by atoms with Crippen molar-refractivity contribution in [3.05, 3.63) is 16.4 Å². The van der Waals surface area contributed by atoms with E-state index in [-0.39, 0.29) is 0 Å². The fourth-order valence-corrected chi connectivity index (χ4v) is 3.53. The Hall–Kier alpha value is -0.900. The van der Waals surface area contributed by atoms with E-state index in [2.05, 4.69) is 25.3 Å². The molecule has 0 aromatic carbocycles. The van der Waals surface area contributed by atoms with Crippen LogP contribution in [0.3, 0.4) is 0 Å². The molecule has 0 amide bonds. The standard InChI is InChI=1S/C12H17N3S/c1-7(2)6-10-14-15-9-5-4-8(3)11(9)13-12(15)16-10/h7-8H,4-6H2,1-3H3. The molecule has 0 N–H and O–H groups in total. The summed E-state index contributed by atoms with van der Waals surface area (Å²) in [5.74, 6) is 1.29. The van der Waals surface area contributed by atoms with Gasteiger partial charge in [-0.05, 0) is 18.8 Å². The maximum atomic E-state index is 4.72. The predicted octanol–water partition coefficient (Wildman–Crippen LogP) is 3.04. The monoisotopic (exact) mass is 235 g/mol. The maximum Gasteiger partial charge on any atom is 0.212 e. The van der Waals surface area contributed by atoms with Gasteiger partial charge in [-0.25, -0.2) is 9.50 Å². The van der Waals surface area contributed by atoms with Crippen molar-refractivity contribution in [2.24, 2.45) is 5.92 Å². The third-order valence-corrected chi connectivity index (χ3v) is 4.16. The number of aryl methyl sites for hydroxylation is 1. The molecule has 0 aliphatic heterocycles. The molecule has 0 saturated heterocycles. The van der Waals surface area contributed by atoms with Crippen LogP contribution in [0.4, 0.5) is 0 Å². The Morgan fingerprint density at radius 2 is 2.31 bits per heavy atom. The summed E-state index contributed by atoms with van der Waals surface area (Å²) < 4.78 is 2.08. The van der Waals surface area contributed by atoms with Gasteiger partial charge in [-0.15, -0.1) is 0 Å². The number of hydrogen-bond donors (Lipinski definition) is 0. The van der Waals surface area contributed by atoms with Gasteiger partial charge >= 0.3 is 0 Å². The minimum atomic E-state index is 0.623. The summed E-state index contributed by atoms with van der Waals surface area (Å²) in [6.07, 6.45) is 3.44. The average Bonchev–Trinajstić information content (AvgIpc) is 2.78. The lowest BCUT2D eigenvalue weighted by molar-refractivity contribution is 0.634. The molecule has 0 saturated carbocycles. The van der Waals surface area contributed by atoms with Gasteiger partial charge in [0.2, 0.25) is 4.96 Å². The Morgan fingerprint density at radius 1 is 1.50 bits per heavy atom. The third kappa shape index (κ3) is 1.47. The van der Waals surface area contributed by atoms with Crippen molar-refractivity contribution < 1.29 is 0 Å². The molecule has 1 atom stereocenters. The maximum absolute atomic E-state index is 4.72. The first-order valence-electron chi connectivity index (χ1n) is 6.02. The smallest absolute Gasteiger partial charge is 0.212 e. The second kappa shape index (κ2) is 3.55. The van der Waals surface area contributed by atoms with Gasteiger partial charge in [0, 0.05) is 12.3 Å². The molecule has 1 aliphatic rings. The zero-order valence-electron chi connectivity index (χ0n) is 10.0. The van der Waals surface area contributed by atoms with Crippen molar-refractivity contribution in [3.63, 3.8) is 0 Å². The van der Waals surface area contributed by atoms with Crippen LogP contribution in [0.2, 0.25) is 0 Å². The summed E-state index contributed by atoms with van der Waals surface area (Å²) in [6.45, 7) is 6.73. The molecular weight excluding hydrogens is 218 g/mol. The summed E-state index contributed by atoms with van der Waals surface area (Å²) in [5, 5.41) is 5.91. The highest BCUT2D eigenvalue weighted by Gasteiger charge is 2.26. The van der Waals surface area contributed by atoms with Gasteiger partial charge in [0.05, 0.1) is 11.4 Å². The second-order valence-corrected chi connectivity index (χ2v) is 6.21. The van der Waals surface area contributed by atoms with Crippen LogP contribution in [0.5, 0.6) is 0 Å². The lowest BCUT2D eigenvalue weighted by atomic mass is 10.1. The van der Waals surface area contributed by atoms with Crippen LogP contribution >= 0.6 is 11.3 Å². The van der Waals surface area contributed by atoms with Crippen LogP contribution in [0.1, 0.15) is 49.5 Å². The molecule has 86 valence electrons. The van der Waals surface area contributed by atoms with Crippen molar-refractivity contribution in [2.75, 3.05) is 0 Å². The highest BCUT2D eigenvalue weighted by Crippen LogP contribution is 2.34. The number of nitrogens with zero attached hydrogens (tertiary/aromatic N) is 3. The molecule has 2 heterocycles. The normalized spacial score (nSPS) is 19.9. The Balaban J connectivity index is 2.04. The molecule has 2 aromatic rings. The number of hydrogen-bond acceptors (Lipinski definition) is 3. The van der Waals surface area contributed by atoms with E-state index in [1.807, 2.05) is 0 Å². The molecule has 0 spiro atoms. The average molecular weight is 235 g/mol. The van der Waals surface area contributed by atoms with Crippen LogP contribution in [0.15, 0.2) is 0 Å². The number of fused-ring (bicyclic) bond motifs is 3. The Morgan fingerprint density at radius 3 is 3.06 bits per heavy atom. The van der Waals surface area contributed by atoms with Gasteiger partial charge in [0.25, 0.3) is 0 Å². The highest BCUT2D eigenvalue weighted by atomic mass is 32.1. The zero-order chi connectivity index (χ0) is 11.3. The van der Waals surface area contributed by atoms with Crippen LogP contribution < -0.4 is 0 Å². The summed E-state index contributed by atoms with van der Waals surface area (Å²) >= 11 is 1.75. The van der Waals surface area contributed by atoms with Gasteiger partial charge < -0.3 is 0 Å². The van der Waals surface area contributed by atoms with E-state index in [0.29, 0.717) is 11.8 Å². The summed E-state index contributed by atoms with van der Waals surface area (Å²) in [7, 11) is 0. The van der Waals surface area contributed by atoms with Crippen molar-refractivity contribution in [3.8, 4) is 0 Å². The topological polar surface area (TPSA) is 30.2 Å². The fraction of sp³-hybridized carbons (Fsp3) is 0.667. The van der Waals surface area contributed by atoms with E-state index in [4.69, 9.17) is 10.1 Å². The minimum Gasteiger partial charge on any atom is -0.222 e. The van der Waals surface area contributed by atoms with Crippen LogP contribution in [-0.4, -0.2) is 14.6 Å². The van der Waals surface area contributed by atoms with E-state index >= 15 is 0 Å². The van der Waals surface area contributed by atoms with Gasteiger partial charge in [0.1, 0.15) is 5.01 Å². The lowest BCUT2D eigenvalue weighted by Gasteiger charge is -1.98. The number of rotatable bonds is 2. The Labute approximate surface area is 99.5 Å². The molecule has 3 nitrogen and oxygen atoms in total. The quantitative estimate of drug-likeness (QED) is 0.801. The van der Waals surface area contributed by atoms with Gasteiger partial charge in [-0.1, -0.05) is 32.1 Å². The van der Waals surface area contributed by atoms with Crippen molar-refractivity contribution in [1.82, 2.24) is 14.6 Å². The second-order valence-electron chi connectivity index (χ2n) is 5.17. The Kier molecular flexibility index (Phi) is 2.28. The largest absolute Gasteiger partial charge is 0.222 e. The van der Waals surface area contributed by atoms with Crippen molar-refractivity contribution >= 4 is 16.3 Å². The minimum absolute atomic E-state index is 0.623. The zero-order valence-corrected chi connectivity index (χ0v) is 10.8. The summed E-state index contributed by atoms with van der Waals surface area (Å²) in [5.41, 5.74) is 2.64. The van der Waals surface area contributed by atoms with E-state index in [1.165, 1.54) is 22.8 Å². The van der Waals surface area contributed by atoms with Crippen LogP contribution in [0.25, 0.3) is 4.96 Å². The van der Waals surface area contributed by atoms with E-state index in [1.54, 1.807) is 11.3 Å². The van der Waals surface area contributed by atoms with Crippen LogP contribution in [0, 0.1) is 5.92 Å². The fourth-order valence-electron chi connectivity index (χ4n) is 2.40. The first kappa shape index (κ1) is 10.3. The van der Waals surface area contributed by atoms with Crippen molar-refractivity contribution in [1.29, 1.82) is 0 Å². The summed E-state index contributed by atoms with van der Waals surface area (Å²) in [4.78, 5) is 5.81. The first-order valence-corrected chi connectivity index (χ1v) is 6.84. The molecule has 1 aliphatic carbocycles. The lowest BCUT2D eigenvalue weighted by Crippen LogP contribution is -1.96.